The SMILES string of the molecule is CCCCC1CCC(CNCC(C)C)(C(C)C)CC1. The Morgan fingerprint density at radius 3 is 2.21 bits per heavy atom. The van der Waals surface area contributed by atoms with Gasteiger partial charge in [0, 0.05) is 6.54 Å². The Balaban J connectivity index is 2.42. The number of hydrogen-bond acceptors (Lipinski definition) is 1. The average Bonchev–Trinajstić information content (AvgIpc) is 2.37. The Morgan fingerprint density at radius 1 is 1.11 bits per heavy atom. The molecule has 1 N–H and O–H groups in total. The highest BCUT2D eigenvalue weighted by Gasteiger charge is 2.37. The first kappa shape index (κ1) is 17.0. The largest absolute Gasteiger partial charge is 0.316 e. The summed E-state index contributed by atoms with van der Waals surface area (Å²) in [6.07, 6.45) is 10.1. The molecule has 0 saturated heterocycles. The molecule has 0 unspecified atom stereocenters. The van der Waals surface area contributed by atoms with Gasteiger partial charge in [-0.15, -0.1) is 0 Å². The second-order valence-corrected chi connectivity index (χ2v) is 7.63. The van der Waals surface area contributed by atoms with Crippen molar-refractivity contribution in [1.29, 1.82) is 0 Å². The molecule has 0 bridgehead atoms. The fourth-order valence-corrected chi connectivity index (χ4v) is 3.60. The van der Waals surface area contributed by atoms with E-state index < -0.39 is 0 Å². The van der Waals surface area contributed by atoms with Gasteiger partial charge in [-0.05, 0) is 55.4 Å². The van der Waals surface area contributed by atoms with Crippen molar-refractivity contribution >= 4 is 0 Å². The van der Waals surface area contributed by atoms with Crippen LogP contribution in [0.5, 0.6) is 0 Å². The third kappa shape index (κ3) is 5.45. The van der Waals surface area contributed by atoms with Crippen molar-refractivity contribution in [3.63, 3.8) is 0 Å². The molecule has 1 rings (SSSR count). The summed E-state index contributed by atoms with van der Waals surface area (Å²) < 4.78 is 0. The van der Waals surface area contributed by atoms with E-state index in [1.807, 2.05) is 0 Å². The van der Waals surface area contributed by atoms with Gasteiger partial charge in [0.2, 0.25) is 0 Å². The first-order valence-corrected chi connectivity index (χ1v) is 8.71. The Morgan fingerprint density at radius 2 is 1.74 bits per heavy atom. The molecule has 19 heavy (non-hydrogen) atoms. The van der Waals surface area contributed by atoms with E-state index in [4.69, 9.17) is 0 Å². The van der Waals surface area contributed by atoms with Crippen molar-refractivity contribution in [3.05, 3.63) is 0 Å². The predicted octanol–water partition coefficient (Wildman–Crippen LogP) is 5.25. The minimum absolute atomic E-state index is 0.581. The summed E-state index contributed by atoms with van der Waals surface area (Å²) in [5.41, 5.74) is 0.581. The maximum atomic E-state index is 3.73. The third-order valence-electron chi connectivity index (χ3n) is 5.32. The third-order valence-corrected chi connectivity index (χ3v) is 5.32. The first-order valence-electron chi connectivity index (χ1n) is 8.71. The van der Waals surface area contributed by atoms with E-state index in [0.717, 1.165) is 17.8 Å². The van der Waals surface area contributed by atoms with Gasteiger partial charge in [0.15, 0.2) is 0 Å². The highest BCUT2D eigenvalue weighted by molar-refractivity contribution is 4.89. The van der Waals surface area contributed by atoms with Crippen molar-refractivity contribution in [2.45, 2.75) is 79.6 Å². The summed E-state index contributed by atoms with van der Waals surface area (Å²) in [5.74, 6) is 2.61. The van der Waals surface area contributed by atoms with Gasteiger partial charge in [0.1, 0.15) is 0 Å². The maximum absolute atomic E-state index is 3.73. The topological polar surface area (TPSA) is 12.0 Å². The lowest BCUT2D eigenvalue weighted by Gasteiger charge is -2.44. The Kier molecular flexibility index (Phi) is 7.42. The summed E-state index contributed by atoms with van der Waals surface area (Å²) in [5, 5.41) is 3.73. The molecule has 0 heterocycles. The van der Waals surface area contributed by atoms with E-state index in [2.05, 4.69) is 39.9 Å². The lowest BCUT2D eigenvalue weighted by Crippen LogP contribution is -2.42. The van der Waals surface area contributed by atoms with Gasteiger partial charge in [-0.1, -0.05) is 53.9 Å². The molecule has 1 nitrogen and oxygen atoms in total. The molecule has 0 aromatic carbocycles. The predicted molar refractivity (Wildman–Crippen MR) is 86.5 cm³/mol. The van der Waals surface area contributed by atoms with E-state index in [-0.39, 0.29) is 0 Å². The molecule has 0 aliphatic heterocycles. The van der Waals surface area contributed by atoms with Crippen LogP contribution in [0.15, 0.2) is 0 Å². The number of unbranched alkanes of at least 4 members (excludes halogenated alkanes) is 1. The molecule has 1 aliphatic rings. The summed E-state index contributed by atoms with van der Waals surface area (Å²) in [4.78, 5) is 0. The molecular weight excluding hydrogens is 230 g/mol. The van der Waals surface area contributed by atoms with E-state index >= 15 is 0 Å². The number of nitrogens with one attached hydrogen (secondary N) is 1. The maximum Gasteiger partial charge on any atom is 0.00104 e. The van der Waals surface area contributed by atoms with Crippen LogP contribution in [0.3, 0.4) is 0 Å². The van der Waals surface area contributed by atoms with E-state index in [1.54, 1.807) is 0 Å². The smallest absolute Gasteiger partial charge is 0.00104 e. The second kappa shape index (κ2) is 8.29. The van der Waals surface area contributed by atoms with Crippen LogP contribution >= 0.6 is 0 Å². The summed E-state index contributed by atoms with van der Waals surface area (Å²) in [6, 6.07) is 0. The van der Waals surface area contributed by atoms with Gasteiger partial charge in [0.25, 0.3) is 0 Å². The van der Waals surface area contributed by atoms with Gasteiger partial charge < -0.3 is 5.32 Å². The molecule has 0 spiro atoms. The Labute approximate surface area is 121 Å². The normalized spacial score (nSPS) is 28.3. The second-order valence-electron chi connectivity index (χ2n) is 7.63. The molecule has 0 amide bonds. The standard InChI is InChI=1S/C18H37N/c1-6-7-8-17-9-11-18(12-10-17,16(4)5)14-19-13-15(2)3/h15-17,19H,6-14H2,1-5H3. The molecule has 1 heteroatoms. The van der Waals surface area contributed by atoms with Crippen LogP contribution in [-0.2, 0) is 0 Å². The van der Waals surface area contributed by atoms with Crippen LogP contribution in [-0.4, -0.2) is 13.1 Å². The van der Waals surface area contributed by atoms with Gasteiger partial charge in [-0.2, -0.15) is 0 Å². The van der Waals surface area contributed by atoms with Gasteiger partial charge >= 0.3 is 0 Å². The highest BCUT2D eigenvalue weighted by Crippen LogP contribution is 2.45. The molecule has 0 aromatic heterocycles. The van der Waals surface area contributed by atoms with Gasteiger partial charge in [-0.3, -0.25) is 0 Å². The quantitative estimate of drug-likeness (QED) is 0.633. The average molecular weight is 268 g/mol. The minimum Gasteiger partial charge on any atom is -0.316 e. The van der Waals surface area contributed by atoms with Crippen molar-refractivity contribution in [2.24, 2.45) is 23.2 Å². The fourth-order valence-electron chi connectivity index (χ4n) is 3.60. The zero-order valence-corrected chi connectivity index (χ0v) is 14.1. The molecule has 1 aliphatic carbocycles. The number of hydrogen-bond donors (Lipinski definition) is 1. The molecule has 114 valence electrons. The van der Waals surface area contributed by atoms with Crippen molar-refractivity contribution in [1.82, 2.24) is 5.32 Å². The monoisotopic (exact) mass is 267 g/mol. The molecule has 1 fully saturated rings. The molecule has 0 aromatic rings. The lowest BCUT2D eigenvalue weighted by atomic mass is 9.64. The molecular formula is C18H37N. The van der Waals surface area contributed by atoms with Crippen LogP contribution in [0, 0.1) is 23.2 Å². The minimum atomic E-state index is 0.581. The summed E-state index contributed by atoms with van der Waals surface area (Å²) >= 11 is 0. The summed E-state index contributed by atoms with van der Waals surface area (Å²) in [7, 11) is 0. The Bertz CT molecular complexity index is 224. The molecule has 1 saturated carbocycles. The zero-order chi connectivity index (χ0) is 14.3. The fraction of sp³-hybridized carbons (Fsp3) is 1.00. The molecule has 0 atom stereocenters. The Hall–Kier alpha value is -0.0400. The van der Waals surface area contributed by atoms with Crippen molar-refractivity contribution < 1.29 is 0 Å². The van der Waals surface area contributed by atoms with Crippen LogP contribution in [0.1, 0.15) is 79.6 Å². The van der Waals surface area contributed by atoms with E-state index in [0.29, 0.717) is 5.41 Å². The highest BCUT2D eigenvalue weighted by atomic mass is 14.9. The zero-order valence-electron chi connectivity index (χ0n) is 14.1. The van der Waals surface area contributed by atoms with Crippen LogP contribution in [0.4, 0.5) is 0 Å². The van der Waals surface area contributed by atoms with Crippen molar-refractivity contribution in [2.75, 3.05) is 13.1 Å². The van der Waals surface area contributed by atoms with E-state index in [1.165, 1.54) is 58.0 Å². The lowest BCUT2D eigenvalue weighted by molar-refractivity contribution is 0.0851. The van der Waals surface area contributed by atoms with Crippen LogP contribution in [0.2, 0.25) is 0 Å². The summed E-state index contributed by atoms with van der Waals surface area (Å²) in [6.45, 7) is 14.2. The van der Waals surface area contributed by atoms with Gasteiger partial charge in [-0.25, -0.2) is 0 Å². The van der Waals surface area contributed by atoms with Crippen molar-refractivity contribution in [3.8, 4) is 0 Å². The van der Waals surface area contributed by atoms with Crippen LogP contribution in [0.25, 0.3) is 0 Å². The van der Waals surface area contributed by atoms with Crippen LogP contribution < -0.4 is 5.32 Å². The van der Waals surface area contributed by atoms with Gasteiger partial charge in [0.05, 0.1) is 0 Å². The first-order chi connectivity index (χ1) is 9.00. The molecule has 0 radical (unpaired) electrons. The number of rotatable bonds is 8. The van der Waals surface area contributed by atoms with E-state index in [9.17, 15) is 0 Å².